The summed E-state index contributed by atoms with van der Waals surface area (Å²) in [7, 11) is 3.27. The highest BCUT2D eigenvalue weighted by atomic mass is 16.5. The monoisotopic (exact) mass is 332 g/mol. The number of benzene rings is 1. The van der Waals surface area contributed by atoms with Crippen LogP contribution in [0.4, 0.5) is 5.69 Å². The lowest BCUT2D eigenvalue weighted by Gasteiger charge is -2.43. The number of anilines is 1. The van der Waals surface area contributed by atoms with E-state index in [0.29, 0.717) is 23.8 Å². The number of rotatable bonds is 5. The zero-order valence-corrected chi connectivity index (χ0v) is 14.6. The molecule has 1 heterocycles. The van der Waals surface area contributed by atoms with Crippen molar-refractivity contribution < 1.29 is 9.47 Å². The van der Waals surface area contributed by atoms with E-state index in [1.54, 1.807) is 14.2 Å². The Morgan fingerprint density at radius 2 is 1.92 bits per heavy atom. The van der Waals surface area contributed by atoms with Crippen molar-refractivity contribution in [1.29, 1.82) is 0 Å². The molecule has 0 aromatic heterocycles. The molecule has 1 saturated heterocycles. The van der Waals surface area contributed by atoms with Crippen molar-refractivity contribution in [2.75, 3.05) is 32.6 Å². The van der Waals surface area contributed by atoms with Crippen molar-refractivity contribution in [3.05, 3.63) is 18.2 Å². The van der Waals surface area contributed by atoms with Crippen LogP contribution in [0, 0.1) is 0 Å². The molecule has 6 nitrogen and oxygen atoms in total. The van der Waals surface area contributed by atoms with Crippen LogP contribution >= 0.6 is 0 Å². The van der Waals surface area contributed by atoms with Gasteiger partial charge in [0.2, 0.25) is 0 Å². The number of methoxy groups -OCH3 is 2. The van der Waals surface area contributed by atoms with Gasteiger partial charge in [-0.2, -0.15) is 0 Å². The Balaban J connectivity index is 1.55. The first-order valence-corrected chi connectivity index (χ1v) is 8.76. The number of likely N-dealkylation sites (tertiary alicyclic amines) is 1. The number of nitrogens with two attached hydrogens (primary N) is 1. The Hall–Kier alpha value is -1.95. The summed E-state index contributed by atoms with van der Waals surface area (Å²) in [6, 6.07) is 6.58. The van der Waals surface area contributed by atoms with Crippen LogP contribution < -0.4 is 20.5 Å². The third kappa shape index (κ3) is 3.93. The van der Waals surface area contributed by atoms with E-state index < -0.39 is 0 Å². The zero-order valence-electron chi connectivity index (χ0n) is 14.6. The Morgan fingerprint density at radius 1 is 1.17 bits per heavy atom. The van der Waals surface area contributed by atoms with Crippen LogP contribution in [0.15, 0.2) is 23.2 Å². The van der Waals surface area contributed by atoms with Crippen LogP contribution in [0.25, 0.3) is 0 Å². The van der Waals surface area contributed by atoms with Gasteiger partial charge in [-0.3, -0.25) is 0 Å². The van der Waals surface area contributed by atoms with E-state index in [-0.39, 0.29) is 0 Å². The maximum absolute atomic E-state index is 6.08. The second kappa shape index (κ2) is 7.75. The first-order chi connectivity index (χ1) is 11.7. The molecular weight excluding hydrogens is 304 g/mol. The molecule has 0 atom stereocenters. The number of aliphatic imine (C=N–C) groups is 1. The Morgan fingerprint density at radius 3 is 2.58 bits per heavy atom. The van der Waals surface area contributed by atoms with Crippen LogP contribution in [0.2, 0.25) is 0 Å². The number of hydrogen-bond donors (Lipinski definition) is 2. The molecular formula is C18H28N4O2. The van der Waals surface area contributed by atoms with Crippen molar-refractivity contribution in [3.63, 3.8) is 0 Å². The van der Waals surface area contributed by atoms with Crippen molar-refractivity contribution in [3.8, 4) is 11.5 Å². The summed E-state index contributed by atoms with van der Waals surface area (Å²) >= 11 is 0. The molecule has 1 aromatic rings. The summed E-state index contributed by atoms with van der Waals surface area (Å²) in [6.45, 7) is 2.49. The van der Waals surface area contributed by atoms with E-state index in [2.05, 4.69) is 15.2 Å². The molecule has 132 valence electrons. The second-order valence-electron chi connectivity index (χ2n) is 6.58. The summed E-state index contributed by atoms with van der Waals surface area (Å²) in [6.07, 6.45) is 6.27. The first kappa shape index (κ1) is 16.9. The summed E-state index contributed by atoms with van der Waals surface area (Å²) < 4.78 is 10.6. The number of ether oxygens (including phenoxy) is 2. The minimum absolute atomic E-state index is 0.320. The van der Waals surface area contributed by atoms with Crippen molar-refractivity contribution in [2.24, 2.45) is 10.7 Å². The SMILES string of the molecule is COc1ccc(OC)c(NC(N)=NC2CC(N3CCCCC3)C2)c1. The lowest BCUT2D eigenvalue weighted by molar-refractivity contribution is 0.0912. The van der Waals surface area contributed by atoms with Gasteiger partial charge < -0.3 is 25.4 Å². The van der Waals surface area contributed by atoms with Gasteiger partial charge in [0.25, 0.3) is 0 Å². The zero-order chi connectivity index (χ0) is 16.9. The molecule has 3 rings (SSSR count). The number of nitrogens with one attached hydrogen (secondary N) is 1. The van der Waals surface area contributed by atoms with E-state index in [4.69, 9.17) is 15.2 Å². The summed E-state index contributed by atoms with van der Waals surface area (Å²) in [5.74, 6) is 1.90. The fraction of sp³-hybridized carbons (Fsp3) is 0.611. The normalized spacial score (nSPS) is 25.0. The minimum atomic E-state index is 0.320. The van der Waals surface area contributed by atoms with E-state index in [0.717, 1.165) is 24.3 Å². The van der Waals surface area contributed by atoms with Gasteiger partial charge in [-0.1, -0.05) is 6.42 Å². The molecule has 2 aliphatic rings. The molecule has 1 saturated carbocycles. The van der Waals surface area contributed by atoms with Crippen LogP contribution in [-0.4, -0.2) is 50.3 Å². The number of nitrogens with zero attached hydrogens (tertiary/aromatic N) is 2. The number of guanidine groups is 1. The Kier molecular flexibility index (Phi) is 5.45. The van der Waals surface area contributed by atoms with Gasteiger partial charge in [-0.05, 0) is 50.9 Å². The molecule has 3 N–H and O–H groups in total. The maximum Gasteiger partial charge on any atom is 0.193 e. The highest BCUT2D eigenvalue weighted by molar-refractivity contribution is 5.94. The van der Waals surface area contributed by atoms with Gasteiger partial charge >= 0.3 is 0 Å². The van der Waals surface area contributed by atoms with E-state index >= 15 is 0 Å². The topological polar surface area (TPSA) is 72.1 Å². The molecule has 0 spiro atoms. The molecule has 0 unspecified atom stereocenters. The lowest BCUT2D eigenvalue weighted by atomic mass is 9.85. The average Bonchev–Trinajstić information content (AvgIpc) is 2.58. The first-order valence-electron chi connectivity index (χ1n) is 8.76. The number of piperidine rings is 1. The molecule has 1 aliphatic carbocycles. The number of hydrogen-bond acceptors (Lipinski definition) is 4. The molecule has 2 fully saturated rings. The van der Waals surface area contributed by atoms with Crippen LogP contribution in [0.5, 0.6) is 11.5 Å². The molecule has 1 aromatic carbocycles. The summed E-state index contributed by atoms with van der Waals surface area (Å²) in [4.78, 5) is 7.23. The van der Waals surface area contributed by atoms with Gasteiger partial charge in [0.15, 0.2) is 5.96 Å². The maximum atomic E-state index is 6.08. The van der Waals surface area contributed by atoms with Crippen molar-refractivity contribution in [1.82, 2.24) is 4.90 Å². The van der Waals surface area contributed by atoms with Gasteiger partial charge in [0.1, 0.15) is 11.5 Å². The Bertz CT molecular complexity index is 578. The molecule has 0 amide bonds. The Labute approximate surface area is 144 Å². The summed E-state index contributed by atoms with van der Waals surface area (Å²) in [5.41, 5.74) is 6.85. The molecule has 1 aliphatic heterocycles. The fourth-order valence-electron chi connectivity index (χ4n) is 3.52. The highest BCUT2D eigenvalue weighted by Gasteiger charge is 2.34. The van der Waals surface area contributed by atoms with E-state index in [1.807, 2.05) is 18.2 Å². The average molecular weight is 332 g/mol. The van der Waals surface area contributed by atoms with E-state index in [9.17, 15) is 0 Å². The second-order valence-corrected chi connectivity index (χ2v) is 6.58. The molecule has 0 bridgehead atoms. The fourth-order valence-corrected chi connectivity index (χ4v) is 3.52. The minimum Gasteiger partial charge on any atom is -0.497 e. The third-order valence-corrected chi connectivity index (χ3v) is 4.99. The van der Waals surface area contributed by atoms with Gasteiger partial charge in [-0.15, -0.1) is 0 Å². The molecule has 0 radical (unpaired) electrons. The van der Waals surface area contributed by atoms with Crippen LogP contribution in [0.3, 0.4) is 0 Å². The molecule has 6 heteroatoms. The van der Waals surface area contributed by atoms with Gasteiger partial charge in [0, 0.05) is 12.1 Å². The smallest absolute Gasteiger partial charge is 0.193 e. The van der Waals surface area contributed by atoms with Crippen LogP contribution in [-0.2, 0) is 0 Å². The third-order valence-electron chi connectivity index (χ3n) is 4.99. The largest absolute Gasteiger partial charge is 0.497 e. The lowest BCUT2D eigenvalue weighted by Crippen LogP contribution is -2.49. The predicted octanol–water partition coefficient (Wildman–Crippen LogP) is 2.45. The van der Waals surface area contributed by atoms with E-state index in [1.165, 1.54) is 32.4 Å². The highest BCUT2D eigenvalue weighted by Crippen LogP contribution is 2.31. The van der Waals surface area contributed by atoms with Gasteiger partial charge in [0.05, 0.1) is 25.9 Å². The van der Waals surface area contributed by atoms with Crippen LogP contribution in [0.1, 0.15) is 32.1 Å². The van der Waals surface area contributed by atoms with Crippen molar-refractivity contribution in [2.45, 2.75) is 44.2 Å². The van der Waals surface area contributed by atoms with Crippen molar-refractivity contribution >= 4 is 11.6 Å². The molecule has 24 heavy (non-hydrogen) atoms. The predicted molar refractivity (Wildman–Crippen MR) is 97.0 cm³/mol. The summed E-state index contributed by atoms with van der Waals surface area (Å²) in [5, 5.41) is 3.14. The standard InChI is InChI=1S/C18H28N4O2/c1-23-15-6-7-17(24-2)16(12-15)21-18(19)20-13-10-14(11-13)22-8-4-3-5-9-22/h6-7,12-14H,3-5,8-11H2,1-2H3,(H3,19,20,21). The van der Waals surface area contributed by atoms with Gasteiger partial charge in [-0.25, -0.2) is 4.99 Å². The quantitative estimate of drug-likeness (QED) is 0.640.